The first kappa shape index (κ1) is 17.4. The van der Waals surface area contributed by atoms with E-state index in [2.05, 4.69) is 9.97 Å². The fourth-order valence-electron chi connectivity index (χ4n) is 2.88. The lowest BCUT2D eigenvalue weighted by molar-refractivity contribution is -0.140. The van der Waals surface area contributed by atoms with Gasteiger partial charge in [-0.1, -0.05) is 18.2 Å². The number of benzene rings is 2. The third-order valence-electron chi connectivity index (χ3n) is 4.11. The summed E-state index contributed by atoms with van der Waals surface area (Å²) < 4.78 is 4.77. The molecule has 1 aromatic heterocycles. The second kappa shape index (κ2) is 7.65. The van der Waals surface area contributed by atoms with E-state index in [0.717, 1.165) is 27.8 Å². The van der Waals surface area contributed by atoms with Gasteiger partial charge in [-0.2, -0.15) is 0 Å². The summed E-state index contributed by atoms with van der Waals surface area (Å²) in [4.78, 5) is 19.7. The fourth-order valence-corrected chi connectivity index (χ4v) is 2.88. The molecule has 0 aliphatic heterocycles. The van der Waals surface area contributed by atoms with Crippen molar-refractivity contribution in [1.82, 2.24) is 9.97 Å². The SMILES string of the molecule is COC(=O)CCc1cc(-c2cncnc2)ccc1-c1cc(N)cc(N)c1. The predicted molar refractivity (Wildman–Crippen MR) is 102 cm³/mol. The highest BCUT2D eigenvalue weighted by molar-refractivity contribution is 5.78. The van der Waals surface area contributed by atoms with Crippen LogP contribution in [0.2, 0.25) is 0 Å². The molecule has 0 amide bonds. The highest BCUT2D eigenvalue weighted by Crippen LogP contribution is 2.32. The van der Waals surface area contributed by atoms with Crippen LogP contribution < -0.4 is 11.5 Å². The van der Waals surface area contributed by atoms with E-state index in [0.29, 0.717) is 17.8 Å². The van der Waals surface area contributed by atoms with E-state index < -0.39 is 0 Å². The molecule has 26 heavy (non-hydrogen) atoms. The van der Waals surface area contributed by atoms with Crippen LogP contribution in [0.5, 0.6) is 0 Å². The smallest absolute Gasteiger partial charge is 0.305 e. The molecule has 6 heteroatoms. The maximum Gasteiger partial charge on any atom is 0.305 e. The molecule has 0 fully saturated rings. The molecule has 0 saturated heterocycles. The van der Waals surface area contributed by atoms with Gasteiger partial charge in [0, 0.05) is 35.8 Å². The molecule has 0 atom stereocenters. The van der Waals surface area contributed by atoms with Crippen molar-refractivity contribution in [2.75, 3.05) is 18.6 Å². The molecule has 0 spiro atoms. The van der Waals surface area contributed by atoms with Gasteiger partial charge < -0.3 is 16.2 Å². The Morgan fingerprint density at radius 3 is 2.31 bits per heavy atom. The first-order valence-corrected chi connectivity index (χ1v) is 8.18. The van der Waals surface area contributed by atoms with Crippen LogP contribution in [0.3, 0.4) is 0 Å². The molecule has 1 heterocycles. The van der Waals surface area contributed by atoms with Gasteiger partial charge in [0.1, 0.15) is 6.33 Å². The van der Waals surface area contributed by atoms with Crippen molar-refractivity contribution in [2.24, 2.45) is 0 Å². The van der Waals surface area contributed by atoms with Crippen LogP contribution in [0.1, 0.15) is 12.0 Å². The molecule has 0 bridgehead atoms. The number of nitrogen functional groups attached to an aromatic ring is 2. The number of nitrogens with two attached hydrogens (primary N) is 2. The van der Waals surface area contributed by atoms with Crippen molar-refractivity contribution in [3.63, 3.8) is 0 Å². The average molecular weight is 348 g/mol. The molecular formula is C20H20N4O2. The first-order chi connectivity index (χ1) is 12.6. The van der Waals surface area contributed by atoms with Gasteiger partial charge in [0.15, 0.2) is 0 Å². The number of esters is 1. The lowest BCUT2D eigenvalue weighted by atomic mass is 9.93. The summed E-state index contributed by atoms with van der Waals surface area (Å²) in [6, 6.07) is 11.5. The van der Waals surface area contributed by atoms with Crippen molar-refractivity contribution in [1.29, 1.82) is 0 Å². The summed E-state index contributed by atoms with van der Waals surface area (Å²) in [6.07, 6.45) is 5.83. The fraction of sp³-hybridized carbons (Fsp3) is 0.150. The Morgan fingerprint density at radius 1 is 0.962 bits per heavy atom. The van der Waals surface area contributed by atoms with E-state index in [1.807, 2.05) is 30.3 Å². The van der Waals surface area contributed by atoms with Crippen LogP contribution in [0.25, 0.3) is 22.3 Å². The zero-order valence-electron chi connectivity index (χ0n) is 14.5. The molecule has 0 saturated carbocycles. The Hall–Kier alpha value is -3.41. The number of nitrogens with zero attached hydrogens (tertiary/aromatic N) is 2. The van der Waals surface area contributed by atoms with Crippen LogP contribution in [0, 0.1) is 0 Å². The van der Waals surface area contributed by atoms with Crippen LogP contribution >= 0.6 is 0 Å². The number of rotatable bonds is 5. The van der Waals surface area contributed by atoms with Gasteiger partial charge in [0.05, 0.1) is 7.11 Å². The molecule has 2 aromatic carbocycles. The van der Waals surface area contributed by atoms with Crippen molar-refractivity contribution in [2.45, 2.75) is 12.8 Å². The number of aromatic nitrogens is 2. The van der Waals surface area contributed by atoms with Crippen LogP contribution in [-0.2, 0) is 16.0 Å². The van der Waals surface area contributed by atoms with Crippen molar-refractivity contribution < 1.29 is 9.53 Å². The van der Waals surface area contributed by atoms with Crippen LogP contribution in [-0.4, -0.2) is 23.0 Å². The molecule has 0 aliphatic rings. The van der Waals surface area contributed by atoms with E-state index in [1.165, 1.54) is 13.4 Å². The molecule has 132 valence electrons. The number of ether oxygens (including phenoxy) is 1. The van der Waals surface area contributed by atoms with Gasteiger partial charge in [0.2, 0.25) is 0 Å². The number of carbonyl (C=O) groups excluding carboxylic acids is 1. The lowest BCUT2D eigenvalue weighted by Gasteiger charge is -2.13. The van der Waals surface area contributed by atoms with E-state index in [1.54, 1.807) is 18.5 Å². The minimum atomic E-state index is -0.253. The van der Waals surface area contributed by atoms with E-state index in [-0.39, 0.29) is 12.4 Å². The van der Waals surface area contributed by atoms with Gasteiger partial charge in [0.25, 0.3) is 0 Å². The first-order valence-electron chi connectivity index (χ1n) is 8.18. The third-order valence-corrected chi connectivity index (χ3v) is 4.11. The highest BCUT2D eigenvalue weighted by atomic mass is 16.5. The second-order valence-electron chi connectivity index (χ2n) is 5.96. The Kier molecular flexibility index (Phi) is 5.12. The van der Waals surface area contributed by atoms with Crippen molar-refractivity contribution in [3.05, 3.63) is 60.7 Å². The zero-order chi connectivity index (χ0) is 18.5. The summed E-state index contributed by atoms with van der Waals surface area (Å²) in [5, 5.41) is 0. The van der Waals surface area contributed by atoms with Gasteiger partial charge >= 0.3 is 5.97 Å². The largest absolute Gasteiger partial charge is 0.469 e. The molecule has 0 radical (unpaired) electrons. The van der Waals surface area contributed by atoms with E-state index >= 15 is 0 Å². The van der Waals surface area contributed by atoms with Crippen LogP contribution in [0.4, 0.5) is 11.4 Å². The average Bonchev–Trinajstić information content (AvgIpc) is 2.65. The van der Waals surface area contributed by atoms with E-state index in [9.17, 15) is 4.79 Å². The number of anilines is 2. The molecule has 4 N–H and O–H groups in total. The maximum atomic E-state index is 11.6. The Morgan fingerprint density at radius 2 is 1.65 bits per heavy atom. The van der Waals surface area contributed by atoms with Gasteiger partial charge in [-0.05, 0) is 46.9 Å². The zero-order valence-corrected chi connectivity index (χ0v) is 14.5. The number of hydrogen-bond acceptors (Lipinski definition) is 6. The maximum absolute atomic E-state index is 11.6. The quantitative estimate of drug-likeness (QED) is 0.542. The number of aryl methyl sites for hydroxylation is 1. The summed E-state index contributed by atoms with van der Waals surface area (Å²) in [7, 11) is 1.39. The molecule has 3 aromatic rings. The van der Waals surface area contributed by atoms with Crippen molar-refractivity contribution in [3.8, 4) is 22.3 Å². The Balaban J connectivity index is 2.06. The highest BCUT2D eigenvalue weighted by Gasteiger charge is 2.11. The molecule has 0 aliphatic carbocycles. The Labute approximate surface area is 151 Å². The summed E-state index contributed by atoms with van der Waals surface area (Å²) >= 11 is 0. The summed E-state index contributed by atoms with van der Waals surface area (Å²) in [5.74, 6) is -0.253. The molecule has 6 nitrogen and oxygen atoms in total. The monoisotopic (exact) mass is 348 g/mol. The predicted octanol–water partition coefficient (Wildman–Crippen LogP) is 3.08. The number of carbonyl (C=O) groups is 1. The van der Waals surface area contributed by atoms with Gasteiger partial charge in [-0.3, -0.25) is 4.79 Å². The third kappa shape index (κ3) is 3.97. The summed E-state index contributed by atoms with van der Waals surface area (Å²) in [6.45, 7) is 0. The summed E-state index contributed by atoms with van der Waals surface area (Å²) in [5.41, 5.74) is 17.9. The number of hydrogen-bond donors (Lipinski definition) is 2. The molecule has 0 unspecified atom stereocenters. The minimum Gasteiger partial charge on any atom is -0.469 e. The van der Waals surface area contributed by atoms with Gasteiger partial charge in [-0.25, -0.2) is 9.97 Å². The normalized spacial score (nSPS) is 10.5. The lowest BCUT2D eigenvalue weighted by Crippen LogP contribution is -2.03. The van der Waals surface area contributed by atoms with Gasteiger partial charge in [-0.15, -0.1) is 0 Å². The topological polar surface area (TPSA) is 104 Å². The standard InChI is InChI=1S/C20H20N4O2/c1-26-20(25)5-3-14-6-13(16-10-23-12-24-11-16)2-4-19(14)15-7-17(21)9-18(22)8-15/h2,4,6-12H,3,5,21-22H2,1H3. The molecule has 3 rings (SSSR count). The Bertz CT molecular complexity index is 906. The minimum absolute atomic E-state index is 0.253. The molecular weight excluding hydrogens is 328 g/mol. The van der Waals surface area contributed by atoms with Crippen LogP contribution in [0.15, 0.2) is 55.1 Å². The second-order valence-corrected chi connectivity index (χ2v) is 5.96. The van der Waals surface area contributed by atoms with Crippen molar-refractivity contribution >= 4 is 17.3 Å². The number of methoxy groups -OCH3 is 1. The van der Waals surface area contributed by atoms with E-state index in [4.69, 9.17) is 16.2 Å².